The summed E-state index contributed by atoms with van der Waals surface area (Å²) in [5, 5.41) is 0. The van der Waals surface area contributed by atoms with E-state index in [1.807, 2.05) is 0 Å². The van der Waals surface area contributed by atoms with Crippen LogP contribution < -0.4 is 0 Å². The first kappa shape index (κ1) is 6.51. The lowest BCUT2D eigenvalue weighted by molar-refractivity contribution is 0.315. The SMILES string of the molecule is CC1CC2C1C2C1CCCC1. The minimum Gasteiger partial charge on any atom is -0.0622 e. The quantitative estimate of drug-likeness (QED) is 0.539. The van der Waals surface area contributed by atoms with Crippen molar-refractivity contribution < 1.29 is 0 Å². The van der Waals surface area contributed by atoms with Crippen molar-refractivity contribution in [3.05, 3.63) is 0 Å². The Kier molecular flexibility index (Phi) is 1.20. The molecule has 3 fully saturated rings. The Morgan fingerprint density at radius 1 is 1.00 bits per heavy atom. The highest BCUT2D eigenvalue weighted by atomic mass is 14.7. The number of fused-ring (bicyclic) bond motifs is 1. The Labute approximate surface area is 69.4 Å². The van der Waals surface area contributed by atoms with Gasteiger partial charge in [0.05, 0.1) is 0 Å². The molecule has 0 aromatic carbocycles. The Hall–Kier alpha value is 0. The number of hydrogen-bond acceptors (Lipinski definition) is 0. The summed E-state index contributed by atoms with van der Waals surface area (Å²) in [4.78, 5) is 0. The summed E-state index contributed by atoms with van der Waals surface area (Å²) < 4.78 is 0. The average molecular weight is 150 g/mol. The second-order valence-electron chi connectivity index (χ2n) is 5.08. The molecule has 3 aliphatic rings. The lowest BCUT2D eigenvalue weighted by atomic mass is 9.87. The lowest BCUT2D eigenvalue weighted by Gasteiger charge is -2.18. The molecule has 3 aliphatic carbocycles. The standard InChI is InChI=1S/C11H18/c1-7-6-9-10(7)11(9)8-4-2-3-5-8/h7-11H,2-6H2,1H3. The van der Waals surface area contributed by atoms with Crippen LogP contribution >= 0.6 is 0 Å². The van der Waals surface area contributed by atoms with Crippen LogP contribution in [0.5, 0.6) is 0 Å². The van der Waals surface area contributed by atoms with Gasteiger partial charge in [-0.05, 0) is 36.0 Å². The Morgan fingerprint density at radius 2 is 1.73 bits per heavy atom. The molecule has 0 amide bonds. The molecule has 0 aliphatic heterocycles. The monoisotopic (exact) mass is 150 g/mol. The first-order chi connectivity index (χ1) is 5.38. The van der Waals surface area contributed by atoms with Gasteiger partial charge in [0, 0.05) is 0 Å². The Balaban J connectivity index is 1.65. The molecule has 0 heterocycles. The van der Waals surface area contributed by atoms with Crippen molar-refractivity contribution in [2.75, 3.05) is 0 Å². The maximum atomic E-state index is 2.45. The highest BCUT2D eigenvalue weighted by Gasteiger charge is 2.62. The van der Waals surface area contributed by atoms with E-state index in [1.54, 1.807) is 19.3 Å². The van der Waals surface area contributed by atoms with E-state index in [1.165, 1.54) is 36.5 Å². The van der Waals surface area contributed by atoms with E-state index in [0.29, 0.717) is 0 Å². The van der Waals surface area contributed by atoms with Crippen molar-refractivity contribution in [2.24, 2.45) is 29.6 Å². The summed E-state index contributed by atoms with van der Waals surface area (Å²) >= 11 is 0. The molecule has 0 bridgehead atoms. The minimum atomic E-state index is 1.10. The van der Waals surface area contributed by atoms with Crippen LogP contribution in [0.4, 0.5) is 0 Å². The first-order valence-electron chi connectivity index (χ1n) is 5.38. The van der Waals surface area contributed by atoms with Gasteiger partial charge >= 0.3 is 0 Å². The van der Waals surface area contributed by atoms with Gasteiger partial charge in [-0.1, -0.05) is 32.6 Å². The molecule has 4 atom stereocenters. The topological polar surface area (TPSA) is 0 Å². The number of rotatable bonds is 1. The van der Waals surface area contributed by atoms with Gasteiger partial charge in [0.15, 0.2) is 0 Å². The highest BCUT2D eigenvalue weighted by Crippen LogP contribution is 2.69. The molecular formula is C11H18. The largest absolute Gasteiger partial charge is 0.0622 e. The van der Waals surface area contributed by atoms with E-state index in [9.17, 15) is 0 Å². The smallest absolute Gasteiger partial charge is 0.0321 e. The van der Waals surface area contributed by atoms with Crippen molar-refractivity contribution in [3.8, 4) is 0 Å². The lowest BCUT2D eigenvalue weighted by Crippen LogP contribution is -2.10. The van der Waals surface area contributed by atoms with Gasteiger partial charge in [-0.15, -0.1) is 0 Å². The second-order valence-corrected chi connectivity index (χ2v) is 5.08. The zero-order valence-corrected chi connectivity index (χ0v) is 7.42. The van der Waals surface area contributed by atoms with E-state index in [4.69, 9.17) is 0 Å². The van der Waals surface area contributed by atoms with Crippen LogP contribution in [0.15, 0.2) is 0 Å². The zero-order chi connectivity index (χ0) is 7.42. The fraction of sp³-hybridized carbons (Fsp3) is 1.00. The van der Waals surface area contributed by atoms with Gasteiger partial charge in [0.1, 0.15) is 0 Å². The molecule has 0 N–H and O–H groups in total. The maximum absolute atomic E-state index is 2.45. The molecule has 0 saturated heterocycles. The molecule has 3 rings (SSSR count). The molecule has 0 nitrogen and oxygen atoms in total. The summed E-state index contributed by atoms with van der Waals surface area (Å²) in [6.45, 7) is 2.45. The van der Waals surface area contributed by atoms with Crippen LogP contribution in [0, 0.1) is 29.6 Å². The Bertz CT molecular complexity index is 167. The van der Waals surface area contributed by atoms with Crippen LogP contribution in [0.25, 0.3) is 0 Å². The fourth-order valence-corrected chi connectivity index (χ4v) is 3.94. The van der Waals surface area contributed by atoms with E-state index < -0.39 is 0 Å². The molecule has 0 aromatic rings. The molecule has 0 heteroatoms. The van der Waals surface area contributed by atoms with Gasteiger partial charge < -0.3 is 0 Å². The van der Waals surface area contributed by atoms with Crippen LogP contribution in [-0.4, -0.2) is 0 Å². The van der Waals surface area contributed by atoms with Crippen LogP contribution in [-0.2, 0) is 0 Å². The van der Waals surface area contributed by atoms with E-state index in [0.717, 1.165) is 5.92 Å². The molecular weight excluding hydrogens is 132 g/mol. The summed E-state index contributed by atoms with van der Waals surface area (Å²) in [5.41, 5.74) is 0. The van der Waals surface area contributed by atoms with Crippen molar-refractivity contribution in [1.29, 1.82) is 0 Å². The van der Waals surface area contributed by atoms with E-state index in [-0.39, 0.29) is 0 Å². The predicted molar refractivity (Wildman–Crippen MR) is 46.2 cm³/mol. The summed E-state index contributed by atoms with van der Waals surface area (Å²) in [7, 11) is 0. The molecule has 62 valence electrons. The summed E-state index contributed by atoms with van der Waals surface area (Å²) in [6.07, 6.45) is 7.80. The number of hydrogen-bond donors (Lipinski definition) is 0. The van der Waals surface area contributed by atoms with Crippen molar-refractivity contribution in [3.63, 3.8) is 0 Å². The highest BCUT2D eigenvalue weighted by molar-refractivity contribution is 5.11. The minimum absolute atomic E-state index is 1.10. The molecule has 0 aromatic heterocycles. The second kappa shape index (κ2) is 2.02. The third kappa shape index (κ3) is 0.761. The van der Waals surface area contributed by atoms with Gasteiger partial charge in [-0.2, -0.15) is 0 Å². The van der Waals surface area contributed by atoms with Gasteiger partial charge in [0.25, 0.3) is 0 Å². The van der Waals surface area contributed by atoms with Gasteiger partial charge in [-0.25, -0.2) is 0 Å². The first-order valence-corrected chi connectivity index (χ1v) is 5.38. The average Bonchev–Trinajstić information content (AvgIpc) is 2.47. The van der Waals surface area contributed by atoms with Crippen molar-refractivity contribution >= 4 is 0 Å². The van der Waals surface area contributed by atoms with E-state index in [2.05, 4.69) is 6.92 Å². The van der Waals surface area contributed by atoms with Crippen LogP contribution in [0.3, 0.4) is 0 Å². The van der Waals surface area contributed by atoms with Crippen LogP contribution in [0.2, 0.25) is 0 Å². The third-order valence-electron chi connectivity index (χ3n) is 4.54. The fourth-order valence-electron chi connectivity index (χ4n) is 3.94. The molecule has 11 heavy (non-hydrogen) atoms. The van der Waals surface area contributed by atoms with Gasteiger partial charge in [0.2, 0.25) is 0 Å². The molecule has 0 spiro atoms. The predicted octanol–water partition coefficient (Wildman–Crippen LogP) is 3.08. The van der Waals surface area contributed by atoms with Gasteiger partial charge in [-0.3, -0.25) is 0 Å². The van der Waals surface area contributed by atoms with Crippen molar-refractivity contribution in [1.82, 2.24) is 0 Å². The maximum Gasteiger partial charge on any atom is -0.0321 e. The van der Waals surface area contributed by atoms with Crippen LogP contribution in [0.1, 0.15) is 39.0 Å². The van der Waals surface area contributed by atoms with E-state index >= 15 is 0 Å². The molecule has 3 saturated carbocycles. The summed E-state index contributed by atoms with van der Waals surface area (Å²) in [5.74, 6) is 5.92. The molecule has 4 unspecified atom stereocenters. The Morgan fingerprint density at radius 3 is 2.18 bits per heavy atom. The summed E-state index contributed by atoms with van der Waals surface area (Å²) in [6, 6.07) is 0. The molecule has 0 radical (unpaired) electrons. The van der Waals surface area contributed by atoms with Crippen molar-refractivity contribution in [2.45, 2.75) is 39.0 Å². The third-order valence-corrected chi connectivity index (χ3v) is 4.54. The zero-order valence-electron chi connectivity index (χ0n) is 7.42. The normalized spacial score (nSPS) is 55.4.